The molecule has 1 saturated heterocycles. The molecule has 0 unspecified atom stereocenters. The molecule has 2 atom stereocenters. The summed E-state index contributed by atoms with van der Waals surface area (Å²) in [4.78, 5) is 18.7. The van der Waals surface area contributed by atoms with Crippen LogP contribution in [0.15, 0.2) is 35.5 Å². The Hall–Kier alpha value is -2.08. The van der Waals surface area contributed by atoms with Crippen molar-refractivity contribution in [1.82, 2.24) is 19.8 Å². The molecule has 1 amide bonds. The number of piperidine rings is 1. The van der Waals surface area contributed by atoms with E-state index in [1.807, 2.05) is 19.6 Å². The van der Waals surface area contributed by atoms with Gasteiger partial charge in [-0.2, -0.15) is 0 Å². The fourth-order valence-electron chi connectivity index (χ4n) is 3.31. The summed E-state index contributed by atoms with van der Waals surface area (Å²) >= 11 is 0. The minimum absolute atomic E-state index is 0.0780. The molecule has 3 heterocycles. The van der Waals surface area contributed by atoms with E-state index >= 15 is 0 Å². The number of carbonyl (C=O) groups excluding carboxylic acids is 1. The smallest absolute Gasteiger partial charge is 0.254 e. The highest BCUT2D eigenvalue weighted by Gasteiger charge is 2.32. The molecular formula is C16H22N4O2. The van der Waals surface area contributed by atoms with Crippen LogP contribution < -0.4 is 5.32 Å². The largest absolute Gasteiger partial charge is 0.472 e. The maximum atomic E-state index is 12.1. The highest BCUT2D eigenvalue weighted by Crippen LogP contribution is 2.34. The number of aromatic nitrogens is 2. The monoisotopic (exact) mass is 302 g/mol. The first kappa shape index (κ1) is 14.8. The number of likely N-dealkylation sites (tertiary alicyclic amines) is 1. The summed E-state index contributed by atoms with van der Waals surface area (Å²) in [5, 5.41) is 3.03. The average Bonchev–Trinajstić information content (AvgIpc) is 3.16. The Morgan fingerprint density at radius 1 is 1.50 bits per heavy atom. The van der Waals surface area contributed by atoms with E-state index in [2.05, 4.69) is 26.8 Å². The van der Waals surface area contributed by atoms with Crippen LogP contribution in [0.25, 0.3) is 0 Å². The normalized spacial score (nSPS) is 22.6. The lowest BCUT2D eigenvalue weighted by molar-refractivity contribution is 0.0881. The van der Waals surface area contributed by atoms with Crippen molar-refractivity contribution in [3.05, 3.63) is 42.4 Å². The van der Waals surface area contributed by atoms with Crippen LogP contribution in [0.5, 0.6) is 0 Å². The van der Waals surface area contributed by atoms with E-state index in [-0.39, 0.29) is 11.9 Å². The number of aryl methyl sites for hydroxylation is 1. The molecule has 0 spiro atoms. The second-order valence-electron chi connectivity index (χ2n) is 5.98. The molecule has 6 nitrogen and oxygen atoms in total. The van der Waals surface area contributed by atoms with Gasteiger partial charge in [-0.25, -0.2) is 4.98 Å². The number of rotatable bonds is 4. The zero-order valence-electron chi connectivity index (χ0n) is 13.0. The van der Waals surface area contributed by atoms with Gasteiger partial charge >= 0.3 is 0 Å². The molecule has 1 N–H and O–H groups in total. The quantitative estimate of drug-likeness (QED) is 0.936. The van der Waals surface area contributed by atoms with Crippen molar-refractivity contribution in [3.8, 4) is 0 Å². The van der Waals surface area contributed by atoms with E-state index in [0.717, 1.165) is 19.4 Å². The minimum Gasteiger partial charge on any atom is -0.472 e. The summed E-state index contributed by atoms with van der Waals surface area (Å²) in [6.07, 6.45) is 9.00. The van der Waals surface area contributed by atoms with Gasteiger partial charge in [0.05, 0.1) is 29.9 Å². The van der Waals surface area contributed by atoms with Gasteiger partial charge in [0.1, 0.15) is 6.26 Å². The van der Waals surface area contributed by atoms with Crippen molar-refractivity contribution in [1.29, 1.82) is 0 Å². The molecule has 0 aromatic carbocycles. The molecular weight excluding hydrogens is 280 g/mol. The molecule has 0 bridgehead atoms. The highest BCUT2D eigenvalue weighted by atomic mass is 16.3. The van der Waals surface area contributed by atoms with Gasteiger partial charge in [-0.3, -0.25) is 9.69 Å². The molecule has 2 aromatic rings. The van der Waals surface area contributed by atoms with E-state index in [9.17, 15) is 4.79 Å². The maximum Gasteiger partial charge on any atom is 0.254 e. The maximum absolute atomic E-state index is 12.1. The lowest BCUT2D eigenvalue weighted by Crippen LogP contribution is -2.42. The third-order valence-corrected chi connectivity index (χ3v) is 4.47. The fraction of sp³-hybridized carbons (Fsp3) is 0.500. The predicted molar refractivity (Wildman–Crippen MR) is 82.3 cm³/mol. The van der Waals surface area contributed by atoms with Gasteiger partial charge in [-0.15, -0.1) is 0 Å². The van der Waals surface area contributed by atoms with E-state index in [1.165, 1.54) is 18.2 Å². The molecule has 22 heavy (non-hydrogen) atoms. The fourth-order valence-corrected chi connectivity index (χ4v) is 3.31. The SMILES string of the molecule is CN1CCC[C@@H](CNC(=O)c2ccoc2)[C@@H]1c1cncn1C. The van der Waals surface area contributed by atoms with E-state index < -0.39 is 0 Å². The Morgan fingerprint density at radius 3 is 3.05 bits per heavy atom. The molecule has 6 heteroatoms. The second kappa shape index (κ2) is 6.36. The number of imidazole rings is 1. The van der Waals surface area contributed by atoms with Crippen LogP contribution >= 0.6 is 0 Å². The first-order chi connectivity index (χ1) is 10.7. The summed E-state index contributed by atoms with van der Waals surface area (Å²) < 4.78 is 7.03. The van der Waals surface area contributed by atoms with Crippen molar-refractivity contribution in [2.75, 3.05) is 20.1 Å². The van der Waals surface area contributed by atoms with Crippen molar-refractivity contribution in [3.63, 3.8) is 0 Å². The number of amides is 1. The van der Waals surface area contributed by atoms with Gasteiger partial charge in [-0.1, -0.05) is 0 Å². The van der Waals surface area contributed by atoms with Gasteiger partial charge in [0, 0.05) is 19.8 Å². The minimum atomic E-state index is -0.0780. The summed E-state index contributed by atoms with van der Waals surface area (Å²) in [5.41, 5.74) is 1.77. The van der Waals surface area contributed by atoms with Crippen LogP contribution in [0.2, 0.25) is 0 Å². The second-order valence-corrected chi connectivity index (χ2v) is 5.98. The average molecular weight is 302 g/mol. The predicted octanol–water partition coefficient (Wildman–Crippen LogP) is 1.83. The summed E-state index contributed by atoms with van der Waals surface area (Å²) in [6, 6.07) is 1.96. The number of hydrogen-bond acceptors (Lipinski definition) is 4. The Bertz CT molecular complexity index is 620. The summed E-state index contributed by atoms with van der Waals surface area (Å²) in [6.45, 7) is 1.73. The zero-order chi connectivity index (χ0) is 15.5. The summed E-state index contributed by atoms with van der Waals surface area (Å²) in [7, 11) is 4.16. The lowest BCUT2D eigenvalue weighted by atomic mass is 9.87. The Labute approximate surface area is 130 Å². The van der Waals surface area contributed by atoms with Crippen molar-refractivity contribution in [2.45, 2.75) is 18.9 Å². The third kappa shape index (κ3) is 2.92. The molecule has 0 radical (unpaired) electrons. The van der Waals surface area contributed by atoms with Gasteiger partial charge in [0.15, 0.2) is 0 Å². The van der Waals surface area contributed by atoms with Gasteiger partial charge < -0.3 is 14.3 Å². The van der Waals surface area contributed by atoms with Crippen LogP contribution in [-0.4, -0.2) is 40.5 Å². The van der Waals surface area contributed by atoms with Gasteiger partial charge in [-0.05, 0) is 38.4 Å². The van der Waals surface area contributed by atoms with E-state index in [0.29, 0.717) is 18.0 Å². The zero-order valence-corrected chi connectivity index (χ0v) is 13.0. The highest BCUT2D eigenvalue weighted by molar-refractivity contribution is 5.93. The first-order valence-corrected chi connectivity index (χ1v) is 7.63. The third-order valence-electron chi connectivity index (χ3n) is 4.47. The molecule has 1 fully saturated rings. The molecule has 0 aliphatic carbocycles. The Kier molecular flexibility index (Phi) is 4.29. The van der Waals surface area contributed by atoms with Crippen LogP contribution in [-0.2, 0) is 7.05 Å². The van der Waals surface area contributed by atoms with E-state index in [4.69, 9.17) is 4.42 Å². The van der Waals surface area contributed by atoms with E-state index in [1.54, 1.807) is 6.07 Å². The van der Waals surface area contributed by atoms with Crippen LogP contribution in [0.4, 0.5) is 0 Å². The van der Waals surface area contributed by atoms with Crippen LogP contribution in [0.3, 0.4) is 0 Å². The number of nitrogens with one attached hydrogen (secondary N) is 1. The number of hydrogen-bond donors (Lipinski definition) is 1. The van der Waals surface area contributed by atoms with Crippen LogP contribution in [0, 0.1) is 5.92 Å². The molecule has 1 aliphatic heterocycles. The number of nitrogens with zero attached hydrogens (tertiary/aromatic N) is 3. The number of carbonyl (C=O) groups is 1. The summed E-state index contributed by atoms with van der Waals surface area (Å²) in [5.74, 6) is 0.302. The van der Waals surface area contributed by atoms with Crippen LogP contribution in [0.1, 0.15) is 34.9 Å². The lowest BCUT2D eigenvalue weighted by Gasteiger charge is -2.39. The van der Waals surface area contributed by atoms with Gasteiger partial charge in [0.25, 0.3) is 5.91 Å². The molecule has 3 rings (SSSR count). The molecule has 2 aromatic heterocycles. The first-order valence-electron chi connectivity index (χ1n) is 7.63. The van der Waals surface area contributed by atoms with Crippen molar-refractivity contribution in [2.24, 2.45) is 13.0 Å². The van der Waals surface area contributed by atoms with Crippen molar-refractivity contribution >= 4 is 5.91 Å². The Morgan fingerprint density at radius 2 is 2.36 bits per heavy atom. The Balaban J connectivity index is 1.70. The topological polar surface area (TPSA) is 63.3 Å². The van der Waals surface area contributed by atoms with Crippen molar-refractivity contribution < 1.29 is 9.21 Å². The van der Waals surface area contributed by atoms with Gasteiger partial charge in [0.2, 0.25) is 0 Å². The molecule has 0 saturated carbocycles. The molecule has 118 valence electrons. The molecule has 1 aliphatic rings. The number of furan rings is 1. The standard InChI is InChI=1S/C16H22N4O2/c1-19-6-3-4-12(15(19)14-9-17-11-20(14)2)8-18-16(21)13-5-7-22-10-13/h5,7,9-12,15H,3-4,6,8H2,1-2H3,(H,18,21)/t12-,15+/m0/s1.